The lowest BCUT2D eigenvalue weighted by molar-refractivity contribution is 0.0498. The fraction of sp³-hybridized carbons (Fsp3) is 0.609. The van der Waals surface area contributed by atoms with Crippen LogP contribution in [0.25, 0.3) is 11.0 Å². The molecule has 0 amide bonds. The zero-order chi connectivity index (χ0) is 20.2. The molecule has 0 saturated heterocycles. The summed E-state index contributed by atoms with van der Waals surface area (Å²) in [5.41, 5.74) is 2.15. The van der Waals surface area contributed by atoms with Gasteiger partial charge in [0.05, 0.1) is 35.7 Å². The van der Waals surface area contributed by atoms with Crippen molar-refractivity contribution in [1.29, 1.82) is 5.26 Å². The topological polar surface area (TPSA) is 67.9 Å². The van der Waals surface area contributed by atoms with Gasteiger partial charge in [-0.2, -0.15) is 5.26 Å². The molecule has 0 aliphatic rings. The van der Waals surface area contributed by atoms with Crippen LogP contribution >= 0.6 is 0 Å². The fourth-order valence-corrected chi connectivity index (χ4v) is 3.44. The lowest BCUT2D eigenvalue weighted by atomic mass is 10.1. The van der Waals surface area contributed by atoms with Gasteiger partial charge >= 0.3 is 5.97 Å². The quantitative estimate of drug-likeness (QED) is 0.328. The number of rotatable bonds is 13. The van der Waals surface area contributed by atoms with Crippen molar-refractivity contribution in [2.24, 2.45) is 7.05 Å². The van der Waals surface area contributed by atoms with Crippen LogP contribution in [0.15, 0.2) is 18.2 Å². The van der Waals surface area contributed by atoms with Crippen LogP contribution in [0.2, 0.25) is 0 Å². The lowest BCUT2D eigenvalue weighted by Gasteiger charge is -2.05. The average molecular weight is 384 g/mol. The molecule has 1 aromatic carbocycles. The third-order valence-electron chi connectivity index (χ3n) is 5.18. The van der Waals surface area contributed by atoms with Crippen molar-refractivity contribution < 1.29 is 9.53 Å². The van der Waals surface area contributed by atoms with E-state index in [2.05, 4.69) is 18.0 Å². The number of unbranched alkanes of at least 4 members (excludes halogenated alkanes) is 9. The molecule has 0 aliphatic carbocycles. The monoisotopic (exact) mass is 383 g/mol. The van der Waals surface area contributed by atoms with Crippen LogP contribution in [0, 0.1) is 11.3 Å². The Morgan fingerprint density at radius 1 is 1.07 bits per heavy atom. The number of nitriles is 1. The summed E-state index contributed by atoms with van der Waals surface area (Å²) < 4.78 is 7.29. The Morgan fingerprint density at radius 2 is 1.71 bits per heavy atom. The van der Waals surface area contributed by atoms with Crippen LogP contribution in [0.5, 0.6) is 0 Å². The number of carbonyl (C=O) groups is 1. The molecule has 152 valence electrons. The Bertz CT molecular complexity index is 789. The molecule has 28 heavy (non-hydrogen) atoms. The number of aromatic nitrogens is 2. The Hall–Kier alpha value is -2.35. The molecular formula is C23H33N3O2. The van der Waals surface area contributed by atoms with E-state index in [0.717, 1.165) is 23.9 Å². The van der Waals surface area contributed by atoms with Gasteiger partial charge in [-0.1, -0.05) is 64.7 Å². The number of aryl methyl sites for hydroxylation is 1. The minimum Gasteiger partial charge on any atom is -0.462 e. The molecule has 0 radical (unpaired) electrons. The Labute approximate surface area is 168 Å². The van der Waals surface area contributed by atoms with Gasteiger partial charge in [0.25, 0.3) is 0 Å². The first-order valence-electron chi connectivity index (χ1n) is 10.7. The summed E-state index contributed by atoms with van der Waals surface area (Å²) in [6.45, 7) is 2.71. The molecule has 0 unspecified atom stereocenters. The maximum Gasteiger partial charge on any atom is 0.338 e. The minimum atomic E-state index is -0.301. The maximum absolute atomic E-state index is 12.3. The number of fused-ring (bicyclic) bond motifs is 1. The second-order valence-corrected chi connectivity index (χ2v) is 7.44. The fourth-order valence-electron chi connectivity index (χ4n) is 3.44. The molecule has 0 bridgehead atoms. The summed E-state index contributed by atoms with van der Waals surface area (Å²) in [5, 5.41) is 8.87. The van der Waals surface area contributed by atoms with Crippen molar-refractivity contribution in [3.8, 4) is 6.07 Å². The number of hydrogen-bond acceptors (Lipinski definition) is 4. The molecular weight excluding hydrogens is 350 g/mol. The van der Waals surface area contributed by atoms with Crippen molar-refractivity contribution in [1.82, 2.24) is 9.55 Å². The highest BCUT2D eigenvalue weighted by Gasteiger charge is 2.12. The minimum absolute atomic E-state index is 0.254. The summed E-state index contributed by atoms with van der Waals surface area (Å²) in [4.78, 5) is 16.7. The molecule has 5 heteroatoms. The highest BCUT2D eigenvalue weighted by Crippen LogP contribution is 2.18. The third kappa shape index (κ3) is 6.67. The second-order valence-electron chi connectivity index (χ2n) is 7.44. The van der Waals surface area contributed by atoms with E-state index >= 15 is 0 Å². The van der Waals surface area contributed by atoms with E-state index in [4.69, 9.17) is 10.00 Å². The second kappa shape index (κ2) is 12.2. The van der Waals surface area contributed by atoms with Gasteiger partial charge < -0.3 is 9.30 Å². The number of benzene rings is 1. The van der Waals surface area contributed by atoms with Crippen molar-refractivity contribution in [2.75, 3.05) is 6.61 Å². The maximum atomic E-state index is 12.3. The number of nitrogens with zero attached hydrogens (tertiary/aromatic N) is 3. The number of carbonyl (C=O) groups excluding carboxylic acids is 1. The van der Waals surface area contributed by atoms with Crippen LogP contribution < -0.4 is 0 Å². The average Bonchev–Trinajstić information content (AvgIpc) is 3.01. The zero-order valence-electron chi connectivity index (χ0n) is 17.4. The molecule has 2 aromatic rings. The van der Waals surface area contributed by atoms with Gasteiger partial charge in [-0.3, -0.25) is 0 Å². The largest absolute Gasteiger partial charge is 0.462 e. The Balaban J connectivity index is 1.66. The first-order chi connectivity index (χ1) is 13.7. The van der Waals surface area contributed by atoms with E-state index < -0.39 is 0 Å². The molecule has 1 heterocycles. The number of imidazole rings is 1. The van der Waals surface area contributed by atoms with E-state index in [1.807, 2.05) is 17.7 Å². The zero-order valence-corrected chi connectivity index (χ0v) is 17.4. The van der Waals surface area contributed by atoms with Gasteiger partial charge in [-0.05, 0) is 24.6 Å². The summed E-state index contributed by atoms with van der Waals surface area (Å²) in [5.74, 6) is 0.402. The molecule has 2 rings (SSSR count). The van der Waals surface area contributed by atoms with Crippen LogP contribution in [-0.4, -0.2) is 22.1 Å². The van der Waals surface area contributed by atoms with Gasteiger partial charge in [-0.25, -0.2) is 9.78 Å². The smallest absolute Gasteiger partial charge is 0.338 e. The molecule has 0 N–H and O–H groups in total. The standard InChI is InChI=1S/C23H33N3O2/c1-3-4-5-6-7-8-9-10-11-12-17-28-23(27)19-13-14-21-20(18-19)25-22(15-16-24)26(21)2/h13-14,18H,3-12,15,17H2,1-2H3. The molecule has 5 nitrogen and oxygen atoms in total. The van der Waals surface area contributed by atoms with Crippen LogP contribution in [-0.2, 0) is 18.2 Å². The predicted octanol–water partition coefficient (Wildman–Crippen LogP) is 5.72. The summed E-state index contributed by atoms with van der Waals surface area (Å²) in [6, 6.07) is 7.49. The van der Waals surface area contributed by atoms with E-state index in [9.17, 15) is 4.79 Å². The summed E-state index contributed by atoms with van der Waals surface area (Å²) in [7, 11) is 1.88. The molecule has 0 fully saturated rings. The van der Waals surface area contributed by atoms with Gasteiger partial charge in [-0.15, -0.1) is 0 Å². The molecule has 0 spiro atoms. The number of hydrogen-bond donors (Lipinski definition) is 0. The summed E-state index contributed by atoms with van der Waals surface area (Å²) in [6.07, 6.45) is 12.8. The first kappa shape index (κ1) is 21.9. The first-order valence-corrected chi connectivity index (χ1v) is 10.7. The molecule has 1 aromatic heterocycles. The van der Waals surface area contributed by atoms with Crippen molar-refractivity contribution >= 4 is 17.0 Å². The van der Waals surface area contributed by atoms with Crippen LogP contribution in [0.1, 0.15) is 87.3 Å². The van der Waals surface area contributed by atoms with E-state index in [-0.39, 0.29) is 12.4 Å². The Morgan fingerprint density at radius 3 is 2.36 bits per heavy atom. The van der Waals surface area contributed by atoms with E-state index in [1.165, 1.54) is 51.4 Å². The van der Waals surface area contributed by atoms with Crippen molar-refractivity contribution in [2.45, 2.75) is 77.6 Å². The normalized spacial score (nSPS) is 10.9. The van der Waals surface area contributed by atoms with Crippen molar-refractivity contribution in [3.63, 3.8) is 0 Å². The highest BCUT2D eigenvalue weighted by molar-refractivity contribution is 5.93. The van der Waals surface area contributed by atoms with Crippen molar-refractivity contribution in [3.05, 3.63) is 29.6 Å². The van der Waals surface area contributed by atoms with Gasteiger partial charge in [0.15, 0.2) is 0 Å². The lowest BCUT2D eigenvalue weighted by Crippen LogP contribution is -2.06. The number of ether oxygens (including phenoxy) is 1. The van der Waals surface area contributed by atoms with E-state index in [0.29, 0.717) is 18.0 Å². The Kier molecular flexibility index (Phi) is 9.54. The predicted molar refractivity (Wildman–Crippen MR) is 112 cm³/mol. The van der Waals surface area contributed by atoms with Gasteiger partial charge in [0, 0.05) is 7.05 Å². The van der Waals surface area contributed by atoms with Gasteiger partial charge in [0.2, 0.25) is 0 Å². The summed E-state index contributed by atoms with van der Waals surface area (Å²) >= 11 is 0. The molecule has 0 atom stereocenters. The van der Waals surface area contributed by atoms with E-state index in [1.54, 1.807) is 12.1 Å². The van der Waals surface area contributed by atoms with Crippen LogP contribution in [0.4, 0.5) is 0 Å². The SMILES string of the molecule is CCCCCCCCCCCCOC(=O)c1ccc2c(c1)nc(CC#N)n2C. The molecule has 0 aliphatic heterocycles. The number of esters is 1. The third-order valence-corrected chi connectivity index (χ3v) is 5.18. The highest BCUT2D eigenvalue weighted by atomic mass is 16.5. The van der Waals surface area contributed by atoms with Crippen LogP contribution in [0.3, 0.4) is 0 Å². The van der Waals surface area contributed by atoms with Gasteiger partial charge in [0.1, 0.15) is 5.82 Å². The molecule has 0 saturated carbocycles.